The molecule has 0 saturated heterocycles. The molecule has 1 aromatic rings. The summed E-state index contributed by atoms with van der Waals surface area (Å²) in [5, 5.41) is 3.93. The largest absolute Gasteiger partial charge is 0.327 e. The van der Waals surface area contributed by atoms with Crippen LogP contribution in [-0.4, -0.2) is 35.0 Å². The molecule has 1 aromatic heterocycles. The second-order valence-electron chi connectivity index (χ2n) is 3.71. The average molecular weight is 246 g/mol. The molecule has 0 bridgehead atoms. The first-order chi connectivity index (χ1) is 7.48. The zero-order valence-electron chi connectivity index (χ0n) is 9.63. The second kappa shape index (κ2) is 5.40. The Balaban J connectivity index is 2.73. The van der Waals surface area contributed by atoms with E-state index in [0.717, 1.165) is 0 Å². The highest BCUT2D eigenvalue weighted by molar-refractivity contribution is 7.90. The third-order valence-corrected chi connectivity index (χ3v) is 3.97. The van der Waals surface area contributed by atoms with Crippen molar-refractivity contribution < 1.29 is 8.42 Å². The van der Waals surface area contributed by atoms with Crippen molar-refractivity contribution in [1.82, 2.24) is 14.8 Å². The zero-order valence-corrected chi connectivity index (χ0v) is 10.4. The van der Waals surface area contributed by atoms with Crippen LogP contribution in [0.3, 0.4) is 0 Å². The van der Waals surface area contributed by atoms with Gasteiger partial charge in [0.25, 0.3) is 0 Å². The van der Waals surface area contributed by atoms with Crippen molar-refractivity contribution in [2.45, 2.75) is 38.6 Å². The third-order valence-electron chi connectivity index (χ3n) is 2.34. The lowest BCUT2D eigenvalue weighted by atomic mass is 10.3. The molecule has 0 aromatic carbocycles. The number of aryl methyl sites for hydroxylation is 1. The van der Waals surface area contributed by atoms with Crippen molar-refractivity contribution in [3.05, 3.63) is 12.2 Å². The quantitative estimate of drug-likeness (QED) is 0.760. The van der Waals surface area contributed by atoms with Crippen LogP contribution < -0.4 is 5.73 Å². The molecule has 0 saturated carbocycles. The van der Waals surface area contributed by atoms with Crippen LogP contribution in [0.15, 0.2) is 6.33 Å². The third kappa shape index (κ3) is 3.57. The molecule has 0 aliphatic heterocycles. The van der Waals surface area contributed by atoms with Crippen LogP contribution in [0.5, 0.6) is 0 Å². The van der Waals surface area contributed by atoms with E-state index in [1.165, 1.54) is 6.33 Å². The first kappa shape index (κ1) is 13.1. The summed E-state index contributed by atoms with van der Waals surface area (Å²) < 4.78 is 25.1. The highest BCUT2D eigenvalue weighted by atomic mass is 32.2. The van der Waals surface area contributed by atoms with E-state index in [1.807, 2.05) is 13.8 Å². The molecule has 0 radical (unpaired) electrons. The van der Waals surface area contributed by atoms with E-state index in [-0.39, 0.29) is 17.5 Å². The molecule has 0 amide bonds. The number of nitrogens with zero attached hydrogens (tertiary/aromatic N) is 3. The molecule has 1 heterocycles. The summed E-state index contributed by atoms with van der Waals surface area (Å²) in [7, 11) is -3.20. The summed E-state index contributed by atoms with van der Waals surface area (Å²) in [6.07, 6.45) is 2.02. The molecule has 0 spiro atoms. The van der Waals surface area contributed by atoms with Gasteiger partial charge in [-0.25, -0.2) is 18.1 Å². The van der Waals surface area contributed by atoms with Crippen molar-refractivity contribution in [3.63, 3.8) is 0 Å². The summed E-state index contributed by atoms with van der Waals surface area (Å²) in [5.41, 5.74) is 5.64. The van der Waals surface area contributed by atoms with Crippen molar-refractivity contribution in [2.75, 3.05) is 5.75 Å². The summed E-state index contributed by atoms with van der Waals surface area (Å²) in [4.78, 5) is 3.94. The van der Waals surface area contributed by atoms with Gasteiger partial charge in [0.2, 0.25) is 0 Å². The maximum Gasteiger partial charge on any atom is 0.159 e. The van der Waals surface area contributed by atoms with Gasteiger partial charge >= 0.3 is 0 Å². The first-order valence-electron chi connectivity index (χ1n) is 5.31. The molecular weight excluding hydrogens is 228 g/mol. The Labute approximate surface area is 95.8 Å². The van der Waals surface area contributed by atoms with E-state index < -0.39 is 9.84 Å². The van der Waals surface area contributed by atoms with Crippen LogP contribution >= 0.6 is 0 Å². The van der Waals surface area contributed by atoms with Gasteiger partial charge in [-0.2, -0.15) is 5.10 Å². The normalized spacial score (nSPS) is 13.9. The Hall–Kier alpha value is -0.950. The fourth-order valence-corrected chi connectivity index (χ4v) is 2.99. The molecule has 1 rings (SSSR count). The molecule has 92 valence electrons. The summed E-state index contributed by atoms with van der Waals surface area (Å²) in [6.45, 7) is 4.38. The van der Waals surface area contributed by atoms with E-state index in [9.17, 15) is 8.42 Å². The van der Waals surface area contributed by atoms with Crippen LogP contribution in [0.25, 0.3) is 0 Å². The molecule has 0 aliphatic rings. The maximum atomic E-state index is 11.8. The molecule has 1 atom stereocenters. The minimum Gasteiger partial charge on any atom is -0.327 e. The van der Waals surface area contributed by atoms with Crippen LogP contribution in [0.1, 0.15) is 26.1 Å². The van der Waals surface area contributed by atoms with Crippen molar-refractivity contribution in [1.29, 1.82) is 0 Å². The van der Waals surface area contributed by atoms with Gasteiger partial charge in [-0.15, -0.1) is 0 Å². The predicted octanol–water partition coefficient (Wildman–Crippen LogP) is -0.0499. The van der Waals surface area contributed by atoms with Crippen LogP contribution in [0.4, 0.5) is 0 Å². The highest BCUT2D eigenvalue weighted by Gasteiger charge is 2.18. The molecular formula is C9H18N4O2S. The van der Waals surface area contributed by atoms with Gasteiger partial charge in [0.1, 0.15) is 17.9 Å². The lowest BCUT2D eigenvalue weighted by Gasteiger charge is -2.09. The van der Waals surface area contributed by atoms with Gasteiger partial charge in [-0.05, 0) is 13.3 Å². The Morgan fingerprint density at radius 1 is 1.50 bits per heavy atom. The number of aromatic nitrogens is 3. The topological polar surface area (TPSA) is 90.9 Å². The van der Waals surface area contributed by atoms with Crippen LogP contribution in [0, 0.1) is 0 Å². The van der Waals surface area contributed by atoms with E-state index >= 15 is 0 Å². The van der Waals surface area contributed by atoms with Crippen molar-refractivity contribution in [2.24, 2.45) is 5.73 Å². The van der Waals surface area contributed by atoms with E-state index in [1.54, 1.807) is 4.68 Å². The minimum atomic E-state index is -3.20. The van der Waals surface area contributed by atoms with Gasteiger partial charge in [0, 0.05) is 12.6 Å². The molecule has 0 fully saturated rings. The summed E-state index contributed by atoms with van der Waals surface area (Å²) in [5.74, 6) is 0.389. The summed E-state index contributed by atoms with van der Waals surface area (Å²) >= 11 is 0. The van der Waals surface area contributed by atoms with E-state index in [4.69, 9.17) is 5.73 Å². The fourth-order valence-electron chi connectivity index (χ4n) is 1.36. The molecule has 6 nitrogen and oxygen atoms in total. The standard InChI is InChI=1S/C9H18N4O2S/c1-3-8(10)5-16(14,15)6-9-11-7-12-13(9)4-2/h7-8H,3-6,10H2,1-2H3. The fraction of sp³-hybridized carbons (Fsp3) is 0.778. The van der Waals surface area contributed by atoms with Crippen LogP contribution in [0.2, 0.25) is 0 Å². The summed E-state index contributed by atoms with van der Waals surface area (Å²) in [6, 6.07) is -0.303. The Morgan fingerprint density at radius 2 is 2.19 bits per heavy atom. The van der Waals surface area contributed by atoms with Crippen LogP contribution in [-0.2, 0) is 22.1 Å². The van der Waals surface area contributed by atoms with Gasteiger partial charge < -0.3 is 5.73 Å². The predicted molar refractivity (Wildman–Crippen MR) is 61.5 cm³/mol. The second-order valence-corrected chi connectivity index (χ2v) is 5.82. The van der Waals surface area contributed by atoms with E-state index in [2.05, 4.69) is 10.1 Å². The smallest absolute Gasteiger partial charge is 0.159 e. The van der Waals surface area contributed by atoms with Gasteiger partial charge in [0.15, 0.2) is 9.84 Å². The molecule has 0 aliphatic carbocycles. The number of hydrogen-bond donors (Lipinski definition) is 1. The lowest BCUT2D eigenvalue weighted by Crippen LogP contribution is -2.30. The zero-order chi connectivity index (χ0) is 12.2. The lowest BCUT2D eigenvalue weighted by molar-refractivity contribution is 0.574. The minimum absolute atomic E-state index is 0.0000737. The van der Waals surface area contributed by atoms with Gasteiger partial charge in [0.05, 0.1) is 5.75 Å². The number of nitrogens with two attached hydrogens (primary N) is 1. The Bertz CT molecular complexity index is 426. The Kier molecular flexibility index (Phi) is 4.43. The molecule has 2 N–H and O–H groups in total. The SMILES string of the molecule is CCC(N)CS(=O)(=O)Cc1ncnn1CC. The maximum absolute atomic E-state index is 11.8. The highest BCUT2D eigenvalue weighted by Crippen LogP contribution is 2.05. The van der Waals surface area contributed by atoms with Crippen molar-refractivity contribution in [3.8, 4) is 0 Å². The Morgan fingerprint density at radius 3 is 2.75 bits per heavy atom. The first-order valence-corrected chi connectivity index (χ1v) is 7.13. The van der Waals surface area contributed by atoms with Gasteiger partial charge in [-0.1, -0.05) is 6.92 Å². The average Bonchev–Trinajstić information content (AvgIpc) is 2.63. The number of rotatable bonds is 6. The molecule has 16 heavy (non-hydrogen) atoms. The monoisotopic (exact) mass is 246 g/mol. The molecule has 1 unspecified atom stereocenters. The molecule has 7 heteroatoms. The van der Waals surface area contributed by atoms with E-state index in [0.29, 0.717) is 18.8 Å². The van der Waals surface area contributed by atoms with Crippen molar-refractivity contribution >= 4 is 9.84 Å². The number of hydrogen-bond acceptors (Lipinski definition) is 5. The number of sulfone groups is 1. The van der Waals surface area contributed by atoms with Gasteiger partial charge in [-0.3, -0.25) is 0 Å².